The lowest BCUT2D eigenvalue weighted by atomic mass is 10.2. The van der Waals surface area contributed by atoms with E-state index in [1.807, 2.05) is 4.83 Å². The molecule has 0 atom stereocenters. The molecule has 1 aromatic carbocycles. The summed E-state index contributed by atoms with van der Waals surface area (Å²) in [5.41, 5.74) is 2.32. The number of carbonyl (C=O) groups is 1. The highest BCUT2D eigenvalue weighted by Crippen LogP contribution is 2.34. The average Bonchev–Trinajstić information content (AvgIpc) is 2.91. The lowest BCUT2D eigenvalue weighted by Gasteiger charge is -2.18. The summed E-state index contributed by atoms with van der Waals surface area (Å²) in [4.78, 5) is 13.9. The minimum atomic E-state index is -4.03. The summed E-state index contributed by atoms with van der Waals surface area (Å²) in [6.45, 7) is 0.810. The summed E-state index contributed by atoms with van der Waals surface area (Å²) >= 11 is 12.5. The molecule has 0 bridgehead atoms. The van der Waals surface area contributed by atoms with E-state index < -0.39 is 15.9 Å². The fourth-order valence-electron chi connectivity index (χ4n) is 1.93. The molecule has 11 heteroatoms. The van der Waals surface area contributed by atoms with Gasteiger partial charge < -0.3 is 9.47 Å². The average molecular weight is 409 g/mol. The molecular weight excluding hydrogens is 399 g/mol. The van der Waals surface area contributed by atoms with Crippen molar-refractivity contribution < 1.29 is 22.7 Å². The third-order valence-electron chi connectivity index (χ3n) is 3.02. The van der Waals surface area contributed by atoms with Gasteiger partial charge in [0.15, 0.2) is 11.5 Å². The molecule has 24 heavy (non-hydrogen) atoms. The van der Waals surface area contributed by atoms with E-state index in [-0.39, 0.29) is 19.1 Å². The standard InChI is InChI=1S/C13H10Cl2N2O5S2/c14-11-6-10(12(15)23-11)24(19,20)17-16-13(18)7-1-2-8-9(5-7)22-4-3-21-8/h1-2,5-6,17H,3-4H2,(H,16,18). The lowest BCUT2D eigenvalue weighted by molar-refractivity contribution is 0.0944. The SMILES string of the molecule is O=C(NNS(=O)(=O)c1cc(Cl)sc1Cl)c1ccc2c(c1)OCCO2. The number of benzene rings is 1. The molecule has 0 fully saturated rings. The number of hydrogen-bond donors (Lipinski definition) is 2. The van der Waals surface area contributed by atoms with E-state index in [2.05, 4.69) is 5.43 Å². The van der Waals surface area contributed by atoms with Gasteiger partial charge in [0.1, 0.15) is 22.4 Å². The molecule has 1 aliphatic rings. The summed E-state index contributed by atoms with van der Waals surface area (Å²) in [6, 6.07) is 5.73. The molecule has 1 aromatic heterocycles. The predicted octanol–water partition coefficient (Wildman–Crippen LogP) is 2.45. The van der Waals surface area contributed by atoms with Gasteiger partial charge in [-0.2, -0.15) is 0 Å². The van der Waals surface area contributed by atoms with Gasteiger partial charge in [-0.25, -0.2) is 8.42 Å². The third-order valence-corrected chi connectivity index (χ3v) is 6.02. The van der Waals surface area contributed by atoms with Crippen molar-refractivity contribution in [3.63, 3.8) is 0 Å². The fourth-order valence-corrected chi connectivity index (χ4v) is 4.92. The molecule has 0 spiro atoms. The Morgan fingerprint density at radius 1 is 1.12 bits per heavy atom. The molecule has 128 valence electrons. The highest BCUT2D eigenvalue weighted by atomic mass is 35.5. The van der Waals surface area contributed by atoms with Gasteiger partial charge >= 0.3 is 0 Å². The first-order valence-electron chi connectivity index (χ1n) is 6.53. The van der Waals surface area contributed by atoms with Crippen molar-refractivity contribution in [1.82, 2.24) is 10.3 Å². The van der Waals surface area contributed by atoms with E-state index in [9.17, 15) is 13.2 Å². The zero-order valence-electron chi connectivity index (χ0n) is 11.8. The molecule has 0 radical (unpaired) electrons. The fraction of sp³-hybridized carbons (Fsp3) is 0.154. The van der Waals surface area contributed by atoms with Gasteiger partial charge in [0.25, 0.3) is 15.9 Å². The second-order valence-corrected chi connectivity index (χ2v) is 8.54. The van der Waals surface area contributed by atoms with Crippen LogP contribution in [0.15, 0.2) is 29.2 Å². The van der Waals surface area contributed by atoms with Crippen molar-refractivity contribution in [2.45, 2.75) is 4.90 Å². The number of fused-ring (bicyclic) bond motifs is 1. The Morgan fingerprint density at radius 2 is 1.83 bits per heavy atom. The minimum Gasteiger partial charge on any atom is -0.486 e. The maximum atomic E-state index is 12.1. The van der Waals surface area contributed by atoms with Gasteiger partial charge in [0, 0.05) is 5.56 Å². The van der Waals surface area contributed by atoms with Crippen molar-refractivity contribution in [2.24, 2.45) is 0 Å². The number of nitrogens with one attached hydrogen (secondary N) is 2. The first-order chi connectivity index (χ1) is 11.4. The van der Waals surface area contributed by atoms with Crippen LogP contribution in [0.3, 0.4) is 0 Å². The van der Waals surface area contributed by atoms with Crippen molar-refractivity contribution in [2.75, 3.05) is 13.2 Å². The topological polar surface area (TPSA) is 93.7 Å². The van der Waals surface area contributed by atoms with E-state index in [1.54, 1.807) is 6.07 Å². The maximum Gasteiger partial charge on any atom is 0.266 e. The van der Waals surface area contributed by atoms with Gasteiger partial charge in [-0.3, -0.25) is 10.2 Å². The number of halogens is 2. The van der Waals surface area contributed by atoms with E-state index >= 15 is 0 Å². The van der Waals surface area contributed by atoms with Gasteiger partial charge in [-0.05, 0) is 24.3 Å². The zero-order chi connectivity index (χ0) is 17.3. The van der Waals surface area contributed by atoms with Crippen molar-refractivity contribution in [3.8, 4) is 11.5 Å². The van der Waals surface area contributed by atoms with Gasteiger partial charge in [-0.1, -0.05) is 23.2 Å². The molecule has 0 aliphatic carbocycles. The number of rotatable bonds is 4. The molecule has 0 saturated carbocycles. The van der Waals surface area contributed by atoms with Crippen LogP contribution in [0.1, 0.15) is 10.4 Å². The Morgan fingerprint density at radius 3 is 2.50 bits per heavy atom. The summed E-state index contributed by atoms with van der Waals surface area (Å²) in [5.74, 6) is 0.287. The zero-order valence-corrected chi connectivity index (χ0v) is 15.0. The normalized spacial score (nSPS) is 13.6. The number of hydrazine groups is 1. The van der Waals surface area contributed by atoms with E-state index in [4.69, 9.17) is 32.7 Å². The summed E-state index contributed by atoms with van der Waals surface area (Å²) in [7, 11) is -4.03. The highest BCUT2D eigenvalue weighted by Gasteiger charge is 2.22. The van der Waals surface area contributed by atoms with Crippen LogP contribution in [-0.4, -0.2) is 27.5 Å². The van der Waals surface area contributed by atoms with Crippen molar-refractivity contribution >= 4 is 50.5 Å². The largest absolute Gasteiger partial charge is 0.486 e. The molecule has 0 saturated heterocycles. The quantitative estimate of drug-likeness (QED) is 0.757. The Balaban J connectivity index is 1.72. The summed E-state index contributed by atoms with van der Waals surface area (Å²) < 4.78 is 35.2. The number of carbonyl (C=O) groups excluding carboxylic acids is 1. The second kappa shape index (κ2) is 6.77. The van der Waals surface area contributed by atoms with E-state index in [0.717, 1.165) is 11.3 Å². The Bertz CT molecular complexity index is 898. The second-order valence-electron chi connectivity index (χ2n) is 4.61. The van der Waals surface area contributed by atoms with Crippen LogP contribution < -0.4 is 19.7 Å². The van der Waals surface area contributed by atoms with E-state index in [0.29, 0.717) is 24.7 Å². The maximum absolute atomic E-state index is 12.1. The Hall–Kier alpha value is -1.52. The van der Waals surface area contributed by atoms with Crippen LogP contribution in [0.4, 0.5) is 0 Å². The number of thiophene rings is 1. The van der Waals surface area contributed by atoms with E-state index in [1.165, 1.54) is 18.2 Å². The Kier molecular flexibility index (Phi) is 4.88. The molecule has 1 amide bonds. The van der Waals surface area contributed by atoms with Crippen molar-refractivity contribution in [3.05, 3.63) is 38.5 Å². The number of amides is 1. The number of hydrogen-bond acceptors (Lipinski definition) is 6. The summed E-state index contributed by atoms with van der Waals surface area (Å²) in [5, 5.41) is 0. The monoisotopic (exact) mass is 408 g/mol. The summed E-state index contributed by atoms with van der Waals surface area (Å²) in [6.07, 6.45) is 0. The smallest absolute Gasteiger partial charge is 0.266 e. The van der Waals surface area contributed by atoms with Crippen LogP contribution in [-0.2, 0) is 10.0 Å². The van der Waals surface area contributed by atoms with Gasteiger partial charge in [-0.15, -0.1) is 16.2 Å². The van der Waals surface area contributed by atoms with Gasteiger partial charge in [0.2, 0.25) is 0 Å². The first-order valence-corrected chi connectivity index (χ1v) is 9.59. The Labute approximate surface area is 151 Å². The van der Waals surface area contributed by atoms with Crippen LogP contribution in [0, 0.1) is 0 Å². The number of sulfonamides is 1. The molecule has 0 unspecified atom stereocenters. The van der Waals surface area contributed by atoms with Crippen LogP contribution in [0.2, 0.25) is 8.67 Å². The molecule has 1 aliphatic heterocycles. The molecular formula is C13H10Cl2N2O5S2. The predicted molar refractivity (Wildman–Crippen MR) is 89.6 cm³/mol. The van der Waals surface area contributed by atoms with Crippen LogP contribution in [0.5, 0.6) is 11.5 Å². The number of ether oxygens (including phenoxy) is 2. The molecule has 2 heterocycles. The lowest BCUT2D eigenvalue weighted by Crippen LogP contribution is -2.41. The third kappa shape index (κ3) is 3.60. The minimum absolute atomic E-state index is 0.000999. The van der Waals surface area contributed by atoms with Crippen LogP contribution in [0.25, 0.3) is 0 Å². The van der Waals surface area contributed by atoms with Crippen LogP contribution >= 0.6 is 34.5 Å². The molecule has 2 N–H and O–H groups in total. The first kappa shape index (κ1) is 17.3. The molecule has 7 nitrogen and oxygen atoms in total. The van der Waals surface area contributed by atoms with Crippen molar-refractivity contribution in [1.29, 1.82) is 0 Å². The van der Waals surface area contributed by atoms with Gasteiger partial charge in [0.05, 0.1) is 4.34 Å². The molecule has 2 aromatic rings. The highest BCUT2D eigenvalue weighted by molar-refractivity contribution is 7.89. The molecule has 3 rings (SSSR count).